The molecule has 0 spiro atoms. The van der Waals surface area contributed by atoms with E-state index in [9.17, 15) is 18.0 Å². The molecule has 33 heavy (non-hydrogen) atoms. The lowest BCUT2D eigenvalue weighted by molar-refractivity contribution is 0.101. The number of methoxy groups -OCH3 is 1. The lowest BCUT2D eigenvalue weighted by Gasteiger charge is -2.14. The maximum atomic E-state index is 13.0. The lowest BCUT2D eigenvalue weighted by Crippen LogP contribution is -2.18. The van der Waals surface area contributed by atoms with E-state index in [1.807, 2.05) is 0 Å². The van der Waals surface area contributed by atoms with Gasteiger partial charge in [-0.25, -0.2) is 8.42 Å². The van der Waals surface area contributed by atoms with Gasteiger partial charge in [0.05, 0.1) is 7.11 Å². The number of halogens is 1. The Labute approximate surface area is 201 Å². The van der Waals surface area contributed by atoms with Crippen molar-refractivity contribution in [3.63, 3.8) is 0 Å². The third kappa shape index (κ3) is 4.96. The second-order valence-corrected chi connectivity index (χ2v) is 10.0. The molecule has 0 atom stereocenters. The summed E-state index contributed by atoms with van der Waals surface area (Å²) >= 11 is 3.31. The van der Waals surface area contributed by atoms with Gasteiger partial charge in [-0.05, 0) is 68.8 Å². The van der Waals surface area contributed by atoms with Crippen LogP contribution < -0.4 is 14.8 Å². The fourth-order valence-corrected chi connectivity index (χ4v) is 5.22. The first-order valence-corrected chi connectivity index (χ1v) is 12.2. The van der Waals surface area contributed by atoms with E-state index in [-0.39, 0.29) is 22.1 Å². The second-order valence-electron chi connectivity index (χ2n) is 7.48. The molecule has 8 nitrogen and oxygen atoms in total. The van der Waals surface area contributed by atoms with Crippen LogP contribution in [0.15, 0.2) is 51.8 Å². The smallest absolute Gasteiger partial charge is 0.272 e. The highest BCUT2D eigenvalue weighted by atomic mass is 79.9. The van der Waals surface area contributed by atoms with Crippen molar-refractivity contribution in [2.24, 2.45) is 7.05 Å². The summed E-state index contributed by atoms with van der Waals surface area (Å²) in [6.07, 6.45) is 0. The average molecular weight is 534 g/mol. The quantitative estimate of drug-likeness (QED) is 0.429. The third-order valence-electron chi connectivity index (χ3n) is 5.31. The average Bonchev–Trinajstić information content (AvgIpc) is 2.97. The number of rotatable bonds is 7. The van der Waals surface area contributed by atoms with E-state index < -0.39 is 15.9 Å². The lowest BCUT2D eigenvalue weighted by atomic mass is 10.1. The molecule has 3 aromatic rings. The number of nitrogens with one attached hydrogen (secondary N) is 2. The summed E-state index contributed by atoms with van der Waals surface area (Å²) in [7, 11) is -0.943. The van der Waals surface area contributed by atoms with Gasteiger partial charge in [0.1, 0.15) is 16.3 Å². The van der Waals surface area contributed by atoms with Crippen LogP contribution >= 0.6 is 15.9 Å². The molecule has 0 radical (unpaired) electrons. The number of ether oxygens (including phenoxy) is 1. The minimum absolute atomic E-state index is 0.127. The zero-order valence-electron chi connectivity index (χ0n) is 18.8. The molecule has 0 saturated carbocycles. The molecule has 0 bridgehead atoms. The molecule has 0 unspecified atom stereocenters. The number of hydrogen-bond acceptors (Lipinski definition) is 5. The summed E-state index contributed by atoms with van der Waals surface area (Å²) in [6.45, 7) is 4.94. The van der Waals surface area contributed by atoms with Crippen molar-refractivity contribution in [1.82, 2.24) is 4.57 Å². The van der Waals surface area contributed by atoms with Crippen LogP contribution in [0.5, 0.6) is 5.75 Å². The molecule has 0 aliphatic carbocycles. The number of ketones is 1. The number of hydrogen-bond donors (Lipinski definition) is 2. The maximum absolute atomic E-state index is 13.0. The fourth-order valence-electron chi connectivity index (χ4n) is 3.70. The first kappa shape index (κ1) is 24.5. The number of sulfonamides is 1. The number of anilines is 2. The van der Waals surface area contributed by atoms with Gasteiger partial charge in [0, 0.05) is 34.2 Å². The van der Waals surface area contributed by atoms with Gasteiger partial charge in [0.2, 0.25) is 0 Å². The predicted octanol–water partition coefficient (Wildman–Crippen LogP) is 4.67. The molecule has 2 aromatic carbocycles. The molecule has 1 heterocycles. The molecule has 0 aliphatic rings. The SMILES string of the molecule is COc1ccc(NC(=O)c2c(C)c(C(C)=O)c(C)n2C)cc1S(=O)(=O)Nc1ccc(Br)cc1. The molecule has 0 fully saturated rings. The Morgan fingerprint density at radius 3 is 2.18 bits per heavy atom. The van der Waals surface area contributed by atoms with Crippen molar-refractivity contribution in [1.29, 1.82) is 0 Å². The van der Waals surface area contributed by atoms with Crippen molar-refractivity contribution in [2.75, 3.05) is 17.1 Å². The normalized spacial score (nSPS) is 11.2. The Balaban J connectivity index is 1.96. The number of Topliss-reactive ketones (excluding diaryl/α,β-unsaturated/α-hetero) is 1. The number of carbonyl (C=O) groups excluding carboxylic acids is 2. The topological polar surface area (TPSA) is 106 Å². The highest BCUT2D eigenvalue weighted by molar-refractivity contribution is 9.10. The van der Waals surface area contributed by atoms with E-state index in [0.717, 1.165) is 4.47 Å². The van der Waals surface area contributed by atoms with Gasteiger partial charge in [-0.1, -0.05) is 15.9 Å². The van der Waals surface area contributed by atoms with Crippen molar-refractivity contribution in [3.8, 4) is 5.75 Å². The minimum atomic E-state index is -4.01. The predicted molar refractivity (Wildman–Crippen MR) is 131 cm³/mol. The maximum Gasteiger partial charge on any atom is 0.272 e. The van der Waals surface area contributed by atoms with Crippen molar-refractivity contribution < 1.29 is 22.7 Å². The first-order valence-electron chi connectivity index (χ1n) is 9.91. The van der Waals surface area contributed by atoms with E-state index in [0.29, 0.717) is 28.2 Å². The van der Waals surface area contributed by atoms with E-state index in [4.69, 9.17) is 4.74 Å². The number of nitrogens with zero attached hydrogens (tertiary/aromatic N) is 1. The van der Waals surface area contributed by atoms with Gasteiger partial charge in [0.25, 0.3) is 15.9 Å². The highest BCUT2D eigenvalue weighted by Crippen LogP contribution is 2.30. The van der Waals surface area contributed by atoms with Crippen LogP contribution in [0.4, 0.5) is 11.4 Å². The summed E-state index contributed by atoms with van der Waals surface area (Å²) < 4.78 is 36.3. The Hall–Kier alpha value is -3.11. The van der Waals surface area contributed by atoms with Crippen LogP contribution in [0.3, 0.4) is 0 Å². The summed E-state index contributed by atoms with van der Waals surface area (Å²) in [6, 6.07) is 11.0. The van der Waals surface area contributed by atoms with Gasteiger partial charge in [-0.2, -0.15) is 0 Å². The number of amides is 1. The molecule has 1 aromatic heterocycles. The Morgan fingerprint density at radius 1 is 1.03 bits per heavy atom. The molecule has 10 heteroatoms. The molecule has 1 amide bonds. The molecular formula is C23H24BrN3O5S. The highest BCUT2D eigenvalue weighted by Gasteiger charge is 2.25. The van der Waals surface area contributed by atoms with E-state index in [1.165, 1.54) is 26.2 Å². The van der Waals surface area contributed by atoms with Crippen LogP contribution in [-0.4, -0.2) is 31.8 Å². The minimum Gasteiger partial charge on any atom is -0.495 e. The van der Waals surface area contributed by atoms with Gasteiger partial charge in [-0.3, -0.25) is 14.3 Å². The Kier molecular flexibility index (Phi) is 6.99. The van der Waals surface area contributed by atoms with Gasteiger partial charge < -0.3 is 14.6 Å². The number of benzene rings is 2. The van der Waals surface area contributed by atoms with Crippen molar-refractivity contribution in [2.45, 2.75) is 25.7 Å². The first-order chi connectivity index (χ1) is 15.5. The standard InChI is InChI=1S/C23H24BrN3O5S/c1-13-21(15(3)28)14(2)27(4)22(13)23(29)25-18-10-11-19(32-5)20(12-18)33(30,31)26-17-8-6-16(24)7-9-17/h6-12,26H,1-5H3,(H,25,29). The number of carbonyl (C=O) groups is 2. The zero-order chi connectivity index (χ0) is 24.5. The number of aromatic nitrogens is 1. The van der Waals surface area contributed by atoms with Gasteiger partial charge in [-0.15, -0.1) is 0 Å². The largest absolute Gasteiger partial charge is 0.495 e. The molecular weight excluding hydrogens is 510 g/mol. The summed E-state index contributed by atoms with van der Waals surface area (Å²) in [5.74, 6) is -0.459. The van der Waals surface area contributed by atoms with Crippen LogP contribution in [0.1, 0.15) is 39.0 Å². The Morgan fingerprint density at radius 2 is 1.64 bits per heavy atom. The van der Waals surface area contributed by atoms with Crippen molar-refractivity contribution >= 4 is 49.0 Å². The van der Waals surface area contributed by atoms with Crippen molar-refractivity contribution in [3.05, 3.63) is 69.5 Å². The van der Waals surface area contributed by atoms with Gasteiger partial charge >= 0.3 is 0 Å². The molecule has 3 rings (SSSR count). The summed E-state index contributed by atoms with van der Waals surface area (Å²) in [5.41, 5.74) is 2.71. The summed E-state index contributed by atoms with van der Waals surface area (Å²) in [4.78, 5) is 24.9. The molecule has 0 aliphatic heterocycles. The second kappa shape index (κ2) is 9.40. The van der Waals surface area contributed by atoms with Crippen LogP contribution in [0.2, 0.25) is 0 Å². The monoisotopic (exact) mass is 533 g/mol. The molecule has 174 valence electrons. The Bertz CT molecular complexity index is 1350. The third-order valence-corrected chi connectivity index (χ3v) is 7.24. The van der Waals surface area contributed by atoms with Crippen LogP contribution in [0.25, 0.3) is 0 Å². The van der Waals surface area contributed by atoms with E-state index in [1.54, 1.807) is 55.8 Å². The molecule has 0 saturated heterocycles. The summed E-state index contributed by atoms with van der Waals surface area (Å²) in [5, 5.41) is 2.73. The fraction of sp³-hybridized carbons (Fsp3) is 0.217. The van der Waals surface area contributed by atoms with Crippen LogP contribution in [0, 0.1) is 13.8 Å². The van der Waals surface area contributed by atoms with E-state index in [2.05, 4.69) is 26.0 Å². The van der Waals surface area contributed by atoms with Crippen LogP contribution in [-0.2, 0) is 17.1 Å². The van der Waals surface area contributed by atoms with Gasteiger partial charge in [0.15, 0.2) is 5.78 Å². The van der Waals surface area contributed by atoms with E-state index >= 15 is 0 Å². The molecule has 2 N–H and O–H groups in total. The zero-order valence-corrected chi connectivity index (χ0v) is 21.2.